The van der Waals surface area contributed by atoms with E-state index in [1.54, 1.807) is 12.4 Å². The molecule has 0 fully saturated rings. The summed E-state index contributed by atoms with van der Waals surface area (Å²) in [5, 5.41) is 0. The lowest BCUT2D eigenvalue weighted by Gasteiger charge is -2.03. The molecule has 3 heteroatoms. The second-order valence-corrected chi connectivity index (χ2v) is 4.13. The van der Waals surface area contributed by atoms with E-state index in [2.05, 4.69) is 35.1 Å². The van der Waals surface area contributed by atoms with Crippen LogP contribution in [-0.4, -0.2) is 9.97 Å². The molecule has 0 aliphatic heterocycles. The Morgan fingerprint density at radius 3 is 3.00 bits per heavy atom. The standard InChI is InChI=1S/C13H14N2S/c1-2-4-10-5-3-6-11(9-10)12-13(16)15-8-7-14-12/h3,5-9H,2,4H2,1H3,(H,15,16). The maximum Gasteiger partial charge on any atom is 0.129 e. The molecule has 1 N–H and O–H groups in total. The summed E-state index contributed by atoms with van der Waals surface area (Å²) in [6.45, 7) is 2.18. The minimum atomic E-state index is 0.691. The zero-order valence-electron chi connectivity index (χ0n) is 9.23. The lowest BCUT2D eigenvalue weighted by molar-refractivity contribution is 0.922. The quantitative estimate of drug-likeness (QED) is 0.813. The lowest BCUT2D eigenvalue weighted by atomic mass is 10.1. The molecule has 0 bridgehead atoms. The van der Waals surface area contributed by atoms with Gasteiger partial charge in [0.15, 0.2) is 0 Å². The minimum absolute atomic E-state index is 0.691. The molecule has 0 unspecified atom stereocenters. The first-order valence-electron chi connectivity index (χ1n) is 5.44. The largest absolute Gasteiger partial charge is 0.350 e. The molecule has 2 rings (SSSR count). The Morgan fingerprint density at radius 2 is 2.25 bits per heavy atom. The second-order valence-electron chi connectivity index (χ2n) is 3.72. The van der Waals surface area contributed by atoms with E-state index in [0.717, 1.165) is 24.1 Å². The molecule has 0 spiro atoms. The number of nitrogens with one attached hydrogen (secondary N) is 1. The normalized spacial score (nSPS) is 10.3. The van der Waals surface area contributed by atoms with Crippen molar-refractivity contribution < 1.29 is 0 Å². The maximum atomic E-state index is 5.22. The number of rotatable bonds is 3. The van der Waals surface area contributed by atoms with E-state index in [4.69, 9.17) is 12.2 Å². The Bertz CT molecular complexity index is 531. The fourth-order valence-corrected chi connectivity index (χ4v) is 1.96. The van der Waals surface area contributed by atoms with Gasteiger partial charge in [-0.3, -0.25) is 4.98 Å². The average molecular weight is 230 g/mol. The van der Waals surface area contributed by atoms with Crippen LogP contribution >= 0.6 is 12.2 Å². The first kappa shape index (κ1) is 11.0. The molecular formula is C13H14N2S. The molecule has 82 valence electrons. The Morgan fingerprint density at radius 1 is 1.38 bits per heavy atom. The minimum Gasteiger partial charge on any atom is -0.350 e. The SMILES string of the molecule is CCCc1cccc(-c2ncc[nH]c2=S)c1. The Hall–Kier alpha value is -1.48. The van der Waals surface area contributed by atoms with Gasteiger partial charge in [0.05, 0.1) is 0 Å². The number of hydrogen-bond acceptors (Lipinski definition) is 2. The molecule has 0 aliphatic rings. The van der Waals surface area contributed by atoms with E-state index in [-0.39, 0.29) is 0 Å². The highest BCUT2D eigenvalue weighted by molar-refractivity contribution is 7.71. The van der Waals surface area contributed by atoms with Gasteiger partial charge in [-0.2, -0.15) is 0 Å². The third-order valence-electron chi connectivity index (χ3n) is 2.45. The highest BCUT2D eigenvalue weighted by Gasteiger charge is 2.01. The molecule has 0 radical (unpaired) electrons. The predicted octanol–water partition coefficient (Wildman–Crippen LogP) is 3.76. The molecular weight excluding hydrogens is 216 g/mol. The summed E-state index contributed by atoms with van der Waals surface area (Å²) in [7, 11) is 0. The highest BCUT2D eigenvalue weighted by Crippen LogP contribution is 2.19. The molecule has 0 aliphatic carbocycles. The van der Waals surface area contributed by atoms with Gasteiger partial charge < -0.3 is 4.98 Å². The summed E-state index contributed by atoms with van der Waals surface area (Å²) in [5.74, 6) is 0. The number of aromatic nitrogens is 2. The number of aryl methyl sites for hydroxylation is 1. The van der Waals surface area contributed by atoms with Crippen molar-refractivity contribution in [2.75, 3.05) is 0 Å². The summed E-state index contributed by atoms with van der Waals surface area (Å²) >= 11 is 5.22. The van der Waals surface area contributed by atoms with E-state index in [1.165, 1.54) is 5.56 Å². The predicted molar refractivity (Wildman–Crippen MR) is 68.9 cm³/mol. The summed E-state index contributed by atoms with van der Waals surface area (Å²) in [6.07, 6.45) is 5.73. The average Bonchev–Trinajstić information content (AvgIpc) is 2.30. The smallest absolute Gasteiger partial charge is 0.129 e. The maximum absolute atomic E-state index is 5.22. The molecule has 1 heterocycles. The van der Waals surface area contributed by atoms with Gasteiger partial charge in [-0.15, -0.1) is 0 Å². The van der Waals surface area contributed by atoms with Crippen molar-refractivity contribution in [3.63, 3.8) is 0 Å². The van der Waals surface area contributed by atoms with Gasteiger partial charge in [-0.25, -0.2) is 0 Å². The molecule has 0 amide bonds. The summed E-state index contributed by atoms with van der Waals surface area (Å²) in [5.41, 5.74) is 3.28. The molecule has 2 nitrogen and oxygen atoms in total. The van der Waals surface area contributed by atoms with Crippen molar-refractivity contribution in [1.82, 2.24) is 9.97 Å². The van der Waals surface area contributed by atoms with E-state index in [0.29, 0.717) is 4.64 Å². The van der Waals surface area contributed by atoms with Gasteiger partial charge >= 0.3 is 0 Å². The number of aromatic amines is 1. The van der Waals surface area contributed by atoms with Crippen molar-refractivity contribution in [2.24, 2.45) is 0 Å². The Labute approximate surface area is 100 Å². The van der Waals surface area contributed by atoms with Crippen LogP contribution in [0.5, 0.6) is 0 Å². The van der Waals surface area contributed by atoms with Crippen molar-refractivity contribution in [2.45, 2.75) is 19.8 Å². The molecule has 16 heavy (non-hydrogen) atoms. The monoisotopic (exact) mass is 230 g/mol. The van der Waals surface area contributed by atoms with Crippen LogP contribution in [0.2, 0.25) is 0 Å². The fourth-order valence-electron chi connectivity index (χ4n) is 1.72. The number of benzene rings is 1. The van der Waals surface area contributed by atoms with Gasteiger partial charge in [-0.05, 0) is 18.1 Å². The van der Waals surface area contributed by atoms with Crippen LogP contribution in [-0.2, 0) is 6.42 Å². The van der Waals surface area contributed by atoms with Gasteiger partial charge in [-0.1, -0.05) is 43.8 Å². The van der Waals surface area contributed by atoms with Crippen molar-refractivity contribution >= 4 is 12.2 Å². The third-order valence-corrected chi connectivity index (χ3v) is 2.76. The van der Waals surface area contributed by atoms with E-state index in [1.807, 2.05) is 6.07 Å². The van der Waals surface area contributed by atoms with Crippen LogP contribution in [0.1, 0.15) is 18.9 Å². The zero-order chi connectivity index (χ0) is 11.4. The molecule has 0 atom stereocenters. The van der Waals surface area contributed by atoms with Crippen molar-refractivity contribution in [1.29, 1.82) is 0 Å². The molecule has 0 saturated heterocycles. The summed E-state index contributed by atoms with van der Waals surface area (Å²) < 4.78 is 0.691. The molecule has 1 aromatic heterocycles. The van der Waals surface area contributed by atoms with Crippen LogP contribution in [0.15, 0.2) is 36.7 Å². The second kappa shape index (κ2) is 5.03. The summed E-state index contributed by atoms with van der Waals surface area (Å²) in [4.78, 5) is 7.32. The number of nitrogens with zero attached hydrogens (tertiary/aromatic N) is 1. The Kier molecular flexibility index (Phi) is 3.47. The topological polar surface area (TPSA) is 28.7 Å². The van der Waals surface area contributed by atoms with Crippen molar-refractivity contribution in [3.05, 3.63) is 46.9 Å². The first-order chi connectivity index (χ1) is 7.81. The van der Waals surface area contributed by atoms with Gasteiger partial charge in [0, 0.05) is 18.0 Å². The third kappa shape index (κ3) is 2.36. The van der Waals surface area contributed by atoms with E-state index in [9.17, 15) is 0 Å². The number of H-pyrrole nitrogens is 1. The lowest BCUT2D eigenvalue weighted by Crippen LogP contribution is -1.89. The molecule has 1 aromatic carbocycles. The van der Waals surface area contributed by atoms with Gasteiger partial charge in [0.25, 0.3) is 0 Å². The summed E-state index contributed by atoms with van der Waals surface area (Å²) in [6, 6.07) is 8.41. The molecule has 2 aromatic rings. The Balaban J connectivity index is 2.45. The van der Waals surface area contributed by atoms with Crippen LogP contribution < -0.4 is 0 Å². The highest BCUT2D eigenvalue weighted by atomic mass is 32.1. The fraction of sp³-hybridized carbons (Fsp3) is 0.231. The van der Waals surface area contributed by atoms with Crippen LogP contribution in [0, 0.1) is 4.64 Å². The van der Waals surface area contributed by atoms with Crippen LogP contribution in [0.4, 0.5) is 0 Å². The van der Waals surface area contributed by atoms with Crippen LogP contribution in [0.3, 0.4) is 0 Å². The number of hydrogen-bond donors (Lipinski definition) is 1. The van der Waals surface area contributed by atoms with E-state index < -0.39 is 0 Å². The zero-order valence-corrected chi connectivity index (χ0v) is 10.1. The van der Waals surface area contributed by atoms with Gasteiger partial charge in [0.1, 0.15) is 10.3 Å². The van der Waals surface area contributed by atoms with Crippen molar-refractivity contribution in [3.8, 4) is 11.3 Å². The first-order valence-corrected chi connectivity index (χ1v) is 5.85. The van der Waals surface area contributed by atoms with Gasteiger partial charge in [0.2, 0.25) is 0 Å². The van der Waals surface area contributed by atoms with E-state index >= 15 is 0 Å². The molecule has 0 saturated carbocycles. The van der Waals surface area contributed by atoms with Crippen LogP contribution in [0.25, 0.3) is 11.3 Å².